The third-order valence-electron chi connectivity index (χ3n) is 3.69. The van der Waals surface area contributed by atoms with Gasteiger partial charge in [-0.05, 0) is 29.9 Å². The first-order valence-corrected chi connectivity index (χ1v) is 6.80. The number of benzene rings is 1. The summed E-state index contributed by atoms with van der Waals surface area (Å²) < 4.78 is 0. The van der Waals surface area contributed by atoms with E-state index in [1.807, 2.05) is 0 Å². The SMILES string of the molecule is C=C(c1ccc(C(C)C)cc1)N1CCC[C@H](O)C1. The van der Waals surface area contributed by atoms with Crippen molar-refractivity contribution in [3.05, 3.63) is 42.0 Å². The predicted octanol–water partition coefficient (Wildman–Crippen LogP) is 3.24. The van der Waals surface area contributed by atoms with Gasteiger partial charge in [-0.2, -0.15) is 0 Å². The van der Waals surface area contributed by atoms with Crippen LogP contribution in [-0.4, -0.2) is 29.2 Å². The topological polar surface area (TPSA) is 23.5 Å². The zero-order valence-corrected chi connectivity index (χ0v) is 11.4. The van der Waals surface area contributed by atoms with E-state index in [0.29, 0.717) is 12.5 Å². The van der Waals surface area contributed by atoms with Crippen molar-refractivity contribution < 1.29 is 5.11 Å². The molecule has 1 aliphatic heterocycles. The summed E-state index contributed by atoms with van der Waals surface area (Å²) in [5.74, 6) is 0.559. The number of rotatable bonds is 3. The molecule has 1 fully saturated rings. The Labute approximate surface area is 110 Å². The largest absolute Gasteiger partial charge is 0.391 e. The summed E-state index contributed by atoms with van der Waals surface area (Å²) in [7, 11) is 0. The lowest BCUT2D eigenvalue weighted by Gasteiger charge is -2.33. The van der Waals surface area contributed by atoms with Crippen LogP contribution in [0.5, 0.6) is 0 Å². The van der Waals surface area contributed by atoms with Gasteiger partial charge in [0.25, 0.3) is 0 Å². The van der Waals surface area contributed by atoms with Crippen LogP contribution in [0, 0.1) is 0 Å². The number of piperidine rings is 1. The molecule has 0 aromatic heterocycles. The first-order valence-electron chi connectivity index (χ1n) is 6.80. The lowest BCUT2D eigenvalue weighted by molar-refractivity contribution is 0.0990. The van der Waals surface area contributed by atoms with Gasteiger partial charge < -0.3 is 10.0 Å². The van der Waals surface area contributed by atoms with Crippen LogP contribution in [0.2, 0.25) is 0 Å². The van der Waals surface area contributed by atoms with Gasteiger partial charge in [0.1, 0.15) is 0 Å². The summed E-state index contributed by atoms with van der Waals surface area (Å²) in [6.07, 6.45) is 1.76. The van der Waals surface area contributed by atoms with Crippen LogP contribution >= 0.6 is 0 Å². The molecular weight excluding hydrogens is 222 g/mol. The number of likely N-dealkylation sites (tertiary alicyclic amines) is 1. The van der Waals surface area contributed by atoms with Crippen molar-refractivity contribution in [2.45, 2.75) is 38.7 Å². The predicted molar refractivity (Wildman–Crippen MR) is 76.4 cm³/mol. The molecule has 1 aliphatic rings. The second-order valence-electron chi connectivity index (χ2n) is 5.47. The Morgan fingerprint density at radius 2 is 2.00 bits per heavy atom. The Balaban J connectivity index is 2.08. The number of nitrogens with zero attached hydrogens (tertiary/aromatic N) is 1. The molecule has 1 aromatic carbocycles. The first-order chi connectivity index (χ1) is 8.58. The highest BCUT2D eigenvalue weighted by atomic mass is 16.3. The molecule has 1 aromatic rings. The van der Waals surface area contributed by atoms with E-state index in [-0.39, 0.29) is 6.10 Å². The average Bonchev–Trinajstić information content (AvgIpc) is 2.38. The summed E-state index contributed by atoms with van der Waals surface area (Å²) in [5.41, 5.74) is 3.54. The smallest absolute Gasteiger partial charge is 0.0715 e. The summed E-state index contributed by atoms with van der Waals surface area (Å²) in [5, 5.41) is 9.71. The number of hydrogen-bond donors (Lipinski definition) is 1. The van der Waals surface area contributed by atoms with E-state index >= 15 is 0 Å². The van der Waals surface area contributed by atoms with Crippen LogP contribution < -0.4 is 0 Å². The zero-order chi connectivity index (χ0) is 13.1. The van der Waals surface area contributed by atoms with Crippen LogP contribution in [0.4, 0.5) is 0 Å². The Hall–Kier alpha value is -1.28. The third kappa shape index (κ3) is 2.94. The van der Waals surface area contributed by atoms with Crippen LogP contribution in [0.15, 0.2) is 30.8 Å². The molecule has 0 saturated carbocycles. The van der Waals surface area contributed by atoms with E-state index < -0.39 is 0 Å². The maximum absolute atomic E-state index is 9.71. The quantitative estimate of drug-likeness (QED) is 0.883. The molecule has 0 aliphatic carbocycles. The standard InChI is InChI=1S/C16H23NO/c1-12(2)14-6-8-15(9-7-14)13(3)17-10-4-5-16(18)11-17/h6-9,12,16,18H,3-5,10-11H2,1-2H3/t16-/m0/s1. The number of hydrogen-bond acceptors (Lipinski definition) is 2. The van der Waals surface area contributed by atoms with Gasteiger partial charge in [0.15, 0.2) is 0 Å². The van der Waals surface area contributed by atoms with Gasteiger partial charge in [-0.15, -0.1) is 0 Å². The molecular formula is C16H23NO. The van der Waals surface area contributed by atoms with Gasteiger partial charge in [0.05, 0.1) is 6.10 Å². The van der Waals surface area contributed by atoms with Crippen molar-refractivity contribution in [2.24, 2.45) is 0 Å². The molecule has 1 heterocycles. The van der Waals surface area contributed by atoms with Gasteiger partial charge in [-0.1, -0.05) is 44.7 Å². The highest BCUT2D eigenvalue weighted by molar-refractivity contribution is 5.62. The van der Waals surface area contributed by atoms with Crippen molar-refractivity contribution in [3.8, 4) is 0 Å². The Morgan fingerprint density at radius 3 is 2.56 bits per heavy atom. The van der Waals surface area contributed by atoms with E-state index in [1.54, 1.807) is 0 Å². The highest BCUT2D eigenvalue weighted by Crippen LogP contribution is 2.24. The van der Waals surface area contributed by atoms with Crippen molar-refractivity contribution in [1.82, 2.24) is 4.90 Å². The molecule has 1 saturated heterocycles. The molecule has 1 atom stereocenters. The number of β-amino-alcohol motifs (C(OH)–C–C–N with tert-alkyl or cyclic N) is 1. The molecule has 2 heteroatoms. The Kier molecular flexibility index (Phi) is 4.07. The van der Waals surface area contributed by atoms with Gasteiger partial charge >= 0.3 is 0 Å². The molecule has 0 spiro atoms. The molecule has 2 rings (SSSR count). The first kappa shape index (κ1) is 13.2. The maximum atomic E-state index is 9.71. The van der Waals surface area contributed by atoms with Crippen molar-refractivity contribution in [1.29, 1.82) is 0 Å². The lowest BCUT2D eigenvalue weighted by atomic mass is 10.00. The zero-order valence-electron chi connectivity index (χ0n) is 11.4. The highest BCUT2D eigenvalue weighted by Gasteiger charge is 2.19. The van der Waals surface area contributed by atoms with Gasteiger partial charge in [-0.3, -0.25) is 0 Å². The Morgan fingerprint density at radius 1 is 1.33 bits per heavy atom. The summed E-state index contributed by atoms with van der Waals surface area (Å²) in [4.78, 5) is 2.19. The average molecular weight is 245 g/mol. The number of aliphatic hydroxyl groups is 1. The molecule has 1 N–H and O–H groups in total. The van der Waals surface area contributed by atoms with Crippen LogP contribution in [0.1, 0.15) is 43.7 Å². The second-order valence-corrected chi connectivity index (χ2v) is 5.47. The fraction of sp³-hybridized carbons (Fsp3) is 0.500. The van der Waals surface area contributed by atoms with E-state index in [4.69, 9.17) is 0 Å². The normalized spacial score (nSPS) is 20.2. The van der Waals surface area contributed by atoms with Gasteiger partial charge in [0, 0.05) is 18.8 Å². The fourth-order valence-corrected chi connectivity index (χ4v) is 2.44. The molecule has 0 bridgehead atoms. The minimum atomic E-state index is -0.203. The van der Waals surface area contributed by atoms with Crippen molar-refractivity contribution in [3.63, 3.8) is 0 Å². The fourth-order valence-electron chi connectivity index (χ4n) is 2.44. The molecule has 2 nitrogen and oxygen atoms in total. The van der Waals surface area contributed by atoms with Crippen molar-refractivity contribution in [2.75, 3.05) is 13.1 Å². The second kappa shape index (κ2) is 5.57. The minimum absolute atomic E-state index is 0.203. The van der Waals surface area contributed by atoms with E-state index in [0.717, 1.165) is 30.6 Å². The minimum Gasteiger partial charge on any atom is -0.391 e. The van der Waals surface area contributed by atoms with E-state index in [1.165, 1.54) is 5.56 Å². The molecule has 0 unspecified atom stereocenters. The maximum Gasteiger partial charge on any atom is 0.0715 e. The van der Waals surface area contributed by atoms with E-state index in [9.17, 15) is 5.11 Å². The summed E-state index contributed by atoms with van der Waals surface area (Å²) >= 11 is 0. The summed E-state index contributed by atoms with van der Waals surface area (Å²) in [6.45, 7) is 10.3. The molecule has 0 radical (unpaired) electrons. The molecule has 18 heavy (non-hydrogen) atoms. The monoisotopic (exact) mass is 245 g/mol. The van der Waals surface area contributed by atoms with Crippen molar-refractivity contribution >= 4 is 5.70 Å². The van der Waals surface area contributed by atoms with Crippen LogP contribution in [0.3, 0.4) is 0 Å². The third-order valence-corrected chi connectivity index (χ3v) is 3.69. The van der Waals surface area contributed by atoms with Gasteiger partial charge in [0.2, 0.25) is 0 Å². The number of aliphatic hydroxyl groups excluding tert-OH is 1. The lowest BCUT2D eigenvalue weighted by Crippen LogP contribution is -2.36. The van der Waals surface area contributed by atoms with Crippen LogP contribution in [-0.2, 0) is 0 Å². The van der Waals surface area contributed by atoms with Crippen LogP contribution in [0.25, 0.3) is 5.70 Å². The Bertz CT molecular complexity index is 408. The van der Waals surface area contributed by atoms with Gasteiger partial charge in [-0.25, -0.2) is 0 Å². The van der Waals surface area contributed by atoms with E-state index in [2.05, 4.69) is 49.6 Å². The molecule has 98 valence electrons. The summed E-state index contributed by atoms with van der Waals surface area (Å²) in [6, 6.07) is 8.62. The molecule has 0 amide bonds.